The third-order valence-corrected chi connectivity index (χ3v) is 3.84. The highest BCUT2D eigenvalue weighted by atomic mass is 16.5. The molecule has 2 aromatic rings. The van der Waals surface area contributed by atoms with Crippen molar-refractivity contribution >= 4 is 11.9 Å². The third-order valence-electron chi connectivity index (χ3n) is 3.84. The highest BCUT2D eigenvalue weighted by Gasteiger charge is 2.29. The van der Waals surface area contributed by atoms with Gasteiger partial charge in [-0.2, -0.15) is 0 Å². The first-order chi connectivity index (χ1) is 12.1. The fourth-order valence-corrected chi connectivity index (χ4v) is 2.50. The van der Waals surface area contributed by atoms with E-state index in [2.05, 4.69) is 4.98 Å². The maximum Gasteiger partial charge on any atom is 0.334 e. The Morgan fingerprint density at radius 3 is 2.72 bits per heavy atom. The molecular weight excluding hydrogens is 324 g/mol. The maximum absolute atomic E-state index is 12.5. The minimum absolute atomic E-state index is 0.0477. The second-order valence-corrected chi connectivity index (χ2v) is 5.58. The first-order valence-electron chi connectivity index (χ1n) is 7.90. The SMILES string of the molecule is O=C(O)[C@H]1CN(C(=O)c2ccc(OCc3ccccn3)cc2)CCO1. The van der Waals surface area contributed by atoms with E-state index in [1.807, 2.05) is 18.2 Å². The van der Waals surface area contributed by atoms with Crippen LogP contribution in [-0.4, -0.2) is 52.7 Å². The number of morpholine rings is 1. The number of nitrogens with zero attached hydrogens (tertiary/aromatic N) is 2. The molecule has 7 heteroatoms. The second-order valence-electron chi connectivity index (χ2n) is 5.58. The van der Waals surface area contributed by atoms with Gasteiger partial charge in [-0.1, -0.05) is 6.07 Å². The van der Waals surface area contributed by atoms with Crippen LogP contribution in [0.3, 0.4) is 0 Å². The molecule has 0 unspecified atom stereocenters. The van der Waals surface area contributed by atoms with Crippen LogP contribution in [0.2, 0.25) is 0 Å². The molecule has 1 aromatic carbocycles. The van der Waals surface area contributed by atoms with Crippen LogP contribution in [0.4, 0.5) is 0 Å². The number of aromatic nitrogens is 1. The number of aliphatic carboxylic acids is 1. The molecule has 1 aliphatic rings. The fraction of sp³-hybridized carbons (Fsp3) is 0.278. The second kappa shape index (κ2) is 7.76. The molecule has 1 N–H and O–H groups in total. The van der Waals surface area contributed by atoms with Crippen molar-refractivity contribution in [1.82, 2.24) is 9.88 Å². The summed E-state index contributed by atoms with van der Waals surface area (Å²) < 4.78 is 10.8. The van der Waals surface area contributed by atoms with Gasteiger partial charge in [0, 0.05) is 18.3 Å². The summed E-state index contributed by atoms with van der Waals surface area (Å²) in [7, 11) is 0. The molecule has 25 heavy (non-hydrogen) atoms. The first-order valence-corrected chi connectivity index (χ1v) is 7.90. The van der Waals surface area contributed by atoms with Crippen molar-refractivity contribution < 1.29 is 24.2 Å². The van der Waals surface area contributed by atoms with Crippen molar-refractivity contribution in [3.05, 3.63) is 59.9 Å². The van der Waals surface area contributed by atoms with Gasteiger partial charge in [0.2, 0.25) is 0 Å². The summed E-state index contributed by atoms with van der Waals surface area (Å²) in [6.07, 6.45) is 0.728. The van der Waals surface area contributed by atoms with E-state index < -0.39 is 12.1 Å². The van der Waals surface area contributed by atoms with Crippen LogP contribution in [0.25, 0.3) is 0 Å². The zero-order chi connectivity index (χ0) is 17.6. The summed E-state index contributed by atoms with van der Waals surface area (Å²) in [5.74, 6) is -0.644. The van der Waals surface area contributed by atoms with Gasteiger partial charge in [-0.05, 0) is 36.4 Å². The van der Waals surface area contributed by atoms with Gasteiger partial charge >= 0.3 is 5.97 Å². The zero-order valence-electron chi connectivity index (χ0n) is 13.5. The third kappa shape index (κ3) is 4.33. The summed E-state index contributed by atoms with van der Waals surface area (Å²) in [6.45, 7) is 0.985. The lowest BCUT2D eigenvalue weighted by Crippen LogP contribution is -2.48. The van der Waals surface area contributed by atoms with Gasteiger partial charge in [-0.3, -0.25) is 9.78 Å². The predicted octanol–water partition coefficient (Wildman–Crippen LogP) is 1.59. The summed E-state index contributed by atoms with van der Waals surface area (Å²) in [5.41, 5.74) is 1.30. The molecule has 1 aliphatic heterocycles. The molecule has 3 rings (SSSR count). The van der Waals surface area contributed by atoms with E-state index in [1.54, 1.807) is 30.5 Å². The normalized spacial score (nSPS) is 17.1. The number of hydrogen-bond acceptors (Lipinski definition) is 5. The molecule has 130 valence electrons. The Hall–Kier alpha value is -2.93. The van der Waals surface area contributed by atoms with Gasteiger partial charge in [-0.15, -0.1) is 0 Å². The van der Waals surface area contributed by atoms with Gasteiger partial charge in [0.25, 0.3) is 5.91 Å². The van der Waals surface area contributed by atoms with Crippen LogP contribution in [0.15, 0.2) is 48.7 Å². The van der Waals surface area contributed by atoms with Crippen molar-refractivity contribution in [2.24, 2.45) is 0 Å². The van der Waals surface area contributed by atoms with Crippen molar-refractivity contribution in [1.29, 1.82) is 0 Å². The minimum Gasteiger partial charge on any atom is -0.487 e. The topological polar surface area (TPSA) is 89.0 Å². The Morgan fingerprint density at radius 1 is 1.24 bits per heavy atom. The lowest BCUT2D eigenvalue weighted by atomic mass is 10.1. The van der Waals surface area contributed by atoms with Gasteiger partial charge in [0.1, 0.15) is 12.4 Å². The van der Waals surface area contributed by atoms with Gasteiger partial charge in [0.05, 0.1) is 18.8 Å². The highest BCUT2D eigenvalue weighted by molar-refractivity contribution is 5.94. The molecule has 1 atom stereocenters. The molecule has 0 bridgehead atoms. The van der Waals surface area contributed by atoms with Gasteiger partial charge < -0.3 is 19.5 Å². The lowest BCUT2D eigenvalue weighted by Gasteiger charge is -2.30. The van der Waals surface area contributed by atoms with Crippen LogP contribution in [0.1, 0.15) is 16.1 Å². The summed E-state index contributed by atoms with van der Waals surface area (Å²) in [6, 6.07) is 12.4. The van der Waals surface area contributed by atoms with Crippen LogP contribution >= 0.6 is 0 Å². The number of carboxylic acid groups (broad SMARTS) is 1. The number of amides is 1. The van der Waals surface area contributed by atoms with Crippen LogP contribution in [0, 0.1) is 0 Å². The lowest BCUT2D eigenvalue weighted by molar-refractivity contribution is -0.154. The number of pyridine rings is 1. The number of ether oxygens (including phenoxy) is 2. The Morgan fingerprint density at radius 2 is 2.04 bits per heavy atom. The number of hydrogen-bond donors (Lipinski definition) is 1. The zero-order valence-corrected chi connectivity index (χ0v) is 13.5. The maximum atomic E-state index is 12.5. The molecule has 2 heterocycles. The molecular formula is C18H18N2O5. The minimum atomic E-state index is -1.06. The van der Waals surface area contributed by atoms with Crippen molar-refractivity contribution in [2.75, 3.05) is 19.7 Å². The number of carboxylic acids is 1. The number of rotatable bonds is 5. The molecule has 1 amide bonds. The van der Waals surface area contributed by atoms with Crippen molar-refractivity contribution in [3.63, 3.8) is 0 Å². The van der Waals surface area contributed by atoms with Crippen LogP contribution in [-0.2, 0) is 16.1 Å². The van der Waals surface area contributed by atoms with E-state index in [9.17, 15) is 9.59 Å². The van der Waals surface area contributed by atoms with Gasteiger partial charge in [0.15, 0.2) is 6.10 Å². The molecule has 7 nitrogen and oxygen atoms in total. The highest BCUT2D eigenvalue weighted by Crippen LogP contribution is 2.16. The first kappa shape index (κ1) is 16.9. The Balaban J connectivity index is 1.59. The number of carbonyl (C=O) groups excluding carboxylic acids is 1. The molecule has 0 radical (unpaired) electrons. The smallest absolute Gasteiger partial charge is 0.334 e. The summed E-state index contributed by atoms with van der Waals surface area (Å²) in [5, 5.41) is 9.01. The van der Waals surface area contributed by atoms with Crippen molar-refractivity contribution in [2.45, 2.75) is 12.7 Å². The molecule has 1 fully saturated rings. The summed E-state index contributed by atoms with van der Waals surface area (Å²) in [4.78, 5) is 29.2. The Labute approximate surface area is 144 Å². The van der Waals surface area contributed by atoms with E-state index in [0.29, 0.717) is 24.5 Å². The van der Waals surface area contributed by atoms with Crippen LogP contribution < -0.4 is 4.74 Å². The Kier molecular flexibility index (Phi) is 5.25. The van der Waals surface area contributed by atoms with E-state index in [-0.39, 0.29) is 19.1 Å². The van der Waals surface area contributed by atoms with Crippen molar-refractivity contribution in [3.8, 4) is 5.75 Å². The molecule has 0 saturated carbocycles. The van der Waals surface area contributed by atoms with E-state index in [4.69, 9.17) is 14.6 Å². The largest absolute Gasteiger partial charge is 0.487 e. The number of carbonyl (C=O) groups is 2. The Bertz CT molecular complexity index is 733. The number of benzene rings is 1. The molecule has 1 saturated heterocycles. The predicted molar refractivity (Wildman–Crippen MR) is 88.3 cm³/mol. The molecule has 0 spiro atoms. The van der Waals surface area contributed by atoms with Gasteiger partial charge in [-0.25, -0.2) is 4.79 Å². The average molecular weight is 342 g/mol. The molecule has 0 aliphatic carbocycles. The van der Waals surface area contributed by atoms with E-state index in [1.165, 1.54) is 4.90 Å². The van der Waals surface area contributed by atoms with E-state index >= 15 is 0 Å². The average Bonchev–Trinajstić information content (AvgIpc) is 2.67. The van der Waals surface area contributed by atoms with Crippen LogP contribution in [0.5, 0.6) is 5.75 Å². The summed E-state index contributed by atoms with van der Waals surface area (Å²) >= 11 is 0. The fourth-order valence-electron chi connectivity index (χ4n) is 2.50. The standard InChI is InChI=1S/C18H18N2O5/c21-17(20-9-10-24-16(11-20)18(22)23)13-4-6-15(7-5-13)25-12-14-3-1-2-8-19-14/h1-8,16H,9-12H2,(H,22,23)/t16-/m1/s1. The van der Waals surface area contributed by atoms with E-state index in [0.717, 1.165) is 5.69 Å². The quantitative estimate of drug-likeness (QED) is 0.887. The molecule has 1 aromatic heterocycles. The monoisotopic (exact) mass is 342 g/mol.